The summed E-state index contributed by atoms with van der Waals surface area (Å²) < 4.78 is 2.62. The molecule has 9 rings (SSSR count). The largest absolute Gasteiger partial charge is 0.291 e. The highest BCUT2D eigenvalue weighted by Gasteiger charge is 2.50. The van der Waals surface area contributed by atoms with Gasteiger partial charge in [-0.2, -0.15) is 0 Å². The van der Waals surface area contributed by atoms with E-state index in [1.165, 1.54) is 99.8 Å². The molecule has 0 N–H and O–H groups in total. The first-order chi connectivity index (χ1) is 13.6. The lowest BCUT2D eigenvalue weighted by Crippen LogP contribution is -2.71. The minimum absolute atomic E-state index is 0.226. The molecule has 28 heavy (non-hydrogen) atoms. The van der Waals surface area contributed by atoms with Crippen LogP contribution in [0.1, 0.15) is 11.1 Å². The van der Waals surface area contributed by atoms with Crippen LogP contribution in [0.15, 0.2) is 24.3 Å². The van der Waals surface area contributed by atoms with Crippen molar-refractivity contribution < 1.29 is 8.97 Å². The van der Waals surface area contributed by atoms with E-state index < -0.39 is 0 Å². The fourth-order valence-electron chi connectivity index (χ4n) is 7.22. The van der Waals surface area contributed by atoms with Crippen molar-refractivity contribution >= 4 is 15.8 Å². The Hall–Kier alpha value is -0.160. The molecule has 8 heteroatoms. The summed E-state index contributed by atoms with van der Waals surface area (Å²) in [6.45, 7) is 10.1. The van der Waals surface area contributed by atoms with Crippen LogP contribution in [-0.2, 0) is 13.1 Å². The van der Waals surface area contributed by atoms with Gasteiger partial charge in [-0.3, -0.25) is 8.97 Å². The Morgan fingerprint density at radius 3 is 1.50 bits per heavy atom. The molecule has 0 amide bonds. The van der Waals surface area contributed by atoms with E-state index in [1.54, 1.807) is 11.1 Å². The standard InChI is InChI=1S/C20H32N6P2/c1-2-19(5-25-9-21-7-22(10-25)14-27(13-21)17-25)4-20(3-1)6-26-11-23-8-24(12-26)16-28(15-23)18-26/h1-4H,5-18H2/q+2. The van der Waals surface area contributed by atoms with E-state index in [2.05, 4.69) is 43.9 Å². The average molecular weight is 418 g/mol. The van der Waals surface area contributed by atoms with Gasteiger partial charge in [0.05, 0.1) is 13.3 Å². The molecule has 8 heterocycles. The minimum atomic E-state index is 0.226. The van der Waals surface area contributed by atoms with Crippen molar-refractivity contribution in [3.05, 3.63) is 35.4 Å². The highest BCUT2D eigenvalue weighted by molar-refractivity contribution is 7.57. The molecule has 6 nitrogen and oxygen atoms in total. The topological polar surface area (TPSA) is 13.0 Å². The first-order valence-electron chi connectivity index (χ1n) is 10.8. The number of hydrogen-bond acceptors (Lipinski definition) is 4. The summed E-state index contributed by atoms with van der Waals surface area (Å²) in [5, 5.41) is 0. The van der Waals surface area contributed by atoms with Crippen LogP contribution in [-0.4, -0.2) is 106 Å². The highest BCUT2D eigenvalue weighted by atomic mass is 31.1. The van der Waals surface area contributed by atoms with Crippen molar-refractivity contribution in [2.24, 2.45) is 0 Å². The molecule has 8 bridgehead atoms. The molecule has 1 aromatic rings. The van der Waals surface area contributed by atoms with E-state index in [9.17, 15) is 0 Å². The van der Waals surface area contributed by atoms with Crippen molar-refractivity contribution in [3.63, 3.8) is 0 Å². The Morgan fingerprint density at radius 1 is 0.679 bits per heavy atom. The Kier molecular flexibility index (Phi) is 3.87. The summed E-state index contributed by atoms with van der Waals surface area (Å²) in [6.07, 6.45) is 8.54. The zero-order chi connectivity index (χ0) is 18.3. The van der Waals surface area contributed by atoms with Crippen LogP contribution in [0.3, 0.4) is 0 Å². The smallest absolute Gasteiger partial charge is 0.137 e. The summed E-state index contributed by atoms with van der Waals surface area (Å²) >= 11 is 0. The lowest BCUT2D eigenvalue weighted by molar-refractivity contribution is -0.961. The second-order valence-electron chi connectivity index (χ2n) is 10.5. The molecule has 150 valence electrons. The third-order valence-electron chi connectivity index (χ3n) is 7.43. The summed E-state index contributed by atoms with van der Waals surface area (Å²) in [7, 11) is 0.451. The molecule has 8 fully saturated rings. The molecular weight excluding hydrogens is 386 g/mol. The number of quaternary nitrogens is 2. The van der Waals surface area contributed by atoms with Crippen molar-refractivity contribution in [1.29, 1.82) is 0 Å². The van der Waals surface area contributed by atoms with E-state index in [0.717, 1.165) is 0 Å². The molecule has 0 spiro atoms. The highest BCUT2D eigenvalue weighted by Crippen LogP contribution is 2.52. The monoisotopic (exact) mass is 418 g/mol. The number of nitrogens with zero attached hydrogens (tertiary/aromatic N) is 6. The van der Waals surface area contributed by atoms with Gasteiger partial charge in [0.1, 0.15) is 52.3 Å². The molecule has 8 aliphatic rings. The SMILES string of the molecule is c1cc(C[N+]23CN4CN(CP(C4)C2)C3)cc(C[N+]23CN4CN(CP(C4)C2)C3)c1. The maximum atomic E-state index is 2.73. The van der Waals surface area contributed by atoms with Gasteiger partial charge in [-0.25, -0.2) is 19.6 Å². The van der Waals surface area contributed by atoms with Gasteiger partial charge >= 0.3 is 0 Å². The summed E-state index contributed by atoms with van der Waals surface area (Å²) in [6, 6.07) is 9.73. The molecule has 4 unspecified atom stereocenters. The fraction of sp³-hybridized carbons (Fsp3) is 0.700. The second kappa shape index (κ2) is 6.18. The second-order valence-corrected chi connectivity index (χ2v) is 14.9. The van der Waals surface area contributed by atoms with Crippen LogP contribution >= 0.6 is 15.8 Å². The van der Waals surface area contributed by atoms with Crippen molar-refractivity contribution in [3.8, 4) is 0 Å². The van der Waals surface area contributed by atoms with Crippen molar-refractivity contribution in [1.82, 2.24) is 19.6 Å². The minimum Gasteiger partial charge on any atom is -0.291 e. The summed E-state index contributed by atoms with van der Waals surface area (Å²) in [5.74, 6) is 0. The van der Waals surface area contributed by atoms with E-state index in [0.29, 0.717) is 0 Å². The van der Waals surface area contributed by atoms with Crippen LogP contribution < -0.4 is 0 Å². The van der Waals surface area contributed by atoms with E-state index in [4.69, 9.17) is 0 Å². The van der Waals surface area contributed by atoms with Gasteiger partial charge in [-0.05, 0) is 21.9 Å². The predicted octanol–water partition coefficient (Wildman–Crippen LogP) is 2.06. The van der Waals surface area contributed by atoms with Crippen LogP contribution in [0.4, 0.5) is 0 Å². The molecule has 0 radical (unpaired) electrons. The third kappa shape index (κ3) is 2.92. The van der Waals surface area contributed by atoms with E-state index in [1.807, 2.05) is 0 Å². The zero-order valence-corrected chi connectivity index (χ0v) is 18.6. The predicted molar refractivity (Wildman–Crippen MR) is 114 cm³/mol. The van der Waals surface area contributed by atoms with Gasteiger partial charge in [0.25, 0.3) is 0 Å². The van der Waals surface area contributed by atoms with Crippen molar-refractivity contribution in [2.75, 3.05) is 77.7 Å². The molecule has 1 aromatic carbocycles. The summed E-state index contributed by atoms with van der Waals surface area (Å²) in [5.41, 5.74) is 3.16. The number of benzene rings is 1. The molecular formula is C20H32N6P2+2. The van der Waals surface area contributed by atoms with Gasteiger partial charge in [0.2, 0.25) is 0 Å². The normalized spacial score (nSPS) is 50.4. The first kappa shape index (κ1) is 17.5. The molecule has 4 atom stereocenters. The quantitative estimate of drug-likeness (QED) is 0.548. The molecule has 0 aliphatic carbocycles. The van der Waals surface area contributed by atoms with E-state index in [-0.39, 0.29) is 15.8 Å². The van der Waals surface area contributed by atoms with Gasteiger partial charge < -0.3 is 0 Å². The summed E-state index contributed by atoms with van der Waals surface area (Å²) in [4.78, 5) is 10.9. The first-order valence-corrected chi connectivity index (χ1v) is 14.5. The third-order valence-corrected chi connectivity index (χ3v) is 12.6. The van der Waals surface area contributed by atoms with Crippen LogP contribution in [0.5, 0.6) is 0 Å². The maximum Gasteiger partial charge on any atom is 0.137 e. The van der Waals surface area contributed by atoms with Crippen LogP contribution in [0, 0.1) is 0 Å². The van der Waals surface area contributed by atoms with Crippen molar-refractivity contribution in [2.45, 2.75) is 13.1 Å². The van der Waals surface area contributed by atoms with Crippen LogP contribution in [0.2, 0.25) is 0 Å². The van der Waals surface area contributed by atoms with Crippen LogP contribution in [0.25, 0.3) is 0 Å². The Morgan fingerprint density at radius 2 is 1.11 bits per heavy atom. The number of hydrogen-bond donors (Lipinski definition) is 0. The lowest BCUT2D eigenvalue weighted by Gasteiger charge is -2.60. The Labute approximate surface area is 170 Å². The van der Waals surface area contributed by atoms with Gasteiger partial charge in [-0.1, -0.05) is 18.2 Å². The zero-order valence-electron chi connectivity index (χ0n) is 16.8. The average Bonchev–Trinajstić information content (AvgIpc) is 2.58. The molecule has 8 saturated heterocycles. The van der Waals surface area contributed by atoms with Gasteiger partial charge in [0.15, 0.2) is 0 Å². The number of rotatable bonds is 4. The van der Waals surface area contributed by atoms with E-state index >= 15 is 0 Å². The van der Waals surface area contributed by atoms with Gasteiger partial charge in [0, 0.05) is 36.3 Å². The maximum absolute atomic E-state index is 2.73. The lowest BCUT2D eigenvalue weighted by atomic mass is 10.1. The van der Waals surface area contributed by atoms with Gasteiger partial charge in [-0.15, -0.1) is 0 Å². The Balaban J connectivity index is 1.12. The molecule has 8 aliphatic heterocycles. The fourth-order valence-corrected chi connectivity index (χ4v) is 13.0. The Bertz CT molecular complexity index is 669. The molecule has 0 aromatic heterocycles. The molecule has 0 saturated carbocycles.